The predicted molar refractivity (Wildman–Crippen MR) is 136 cm³/mol. The van der Waals surface area contributed by atoms with E-state index in [1.807, 2.05) is 30.3 Å². The molecule has 1 saturated heterocycles. The first kappa shape index (κ1) is 23.7. The Hall–Kier alpha value is -3.05. The van der Waals surface area contributed by atoms with E-state index in [0.29, 0.717) is 24.5 Å². The van der Waals surface area contributed by atoms with E-state index in [2.05, 4.69) is 4.90 Å². The molecular weight excluding hydrogens is 441 g/mol. The SMILES string of the molecule is Oc1ccc2c(c1)CCC(c1cc(O)ccc1Cc1ccc(OCCN3CCCCC3)c(F)c1)C2. The molecule has 5 heteroatoms. The Morgan fingerprint density at radius 1 is 0.886 bits per heavy atom. The number of phenolic OH excluding ortho intramolecular Hbond substituents is 2. The molecule has 35 heavy (non-hydrogen) atoms. The molecule has 2 N–H and O–H groups in total. The Morgan fingerprint density at radius 3 is 2.51 bits per heavy atom. The number of halogens is 1. The second-order valence-corrected chi connectivity index (χ2v) is 9.97. The van der Waals surface area contributed by atoms with Gasteiger partial charge in [0.15, 0.2) is 11.6 Å². The Kier molecular flexibility index (Phi) is 7.24. The number of hydrogen-bond donors (Lipinski definition) is 2. The maximum Gasteiger partial charge on any atom is 0.165 e. The average molecular weight is 476 g/mol. The summed E-state index contributed by atoms with van der Waals surface area (Å²) in [5.41, 5.74) is 5.55. The average Bonchev–Trinajstić information content (AvgIpc) is 2.87. The topological polar surface area (TPSA) is 52.9 Å². The standard InChI is InChI=1S/C30H34FNO3/c31-29-17-21(4-11-30(29)35-15-14-32-12-2-1-3-13-32)16-24-8-10-27(34)20-28(24)25-6-5-23-19-26(33)9-7-22(23)18-25/h4,7-11,17,19-20,25,33-34H,1-3,5-6,12-16,18H2. The minimum absolute atomic E-state index is 0.254. The van der Waals surface area contributed by atoms with Crippen LogP contribution >= 0.6 is 0 Å². The maximum atomic E-state index is 14.8. The zero-order valence-electron chi connectivity index (χ0n) is 20.2. The van der Waals surface area contributed by atoms with Gasteiger partial charge in [-0.1, -0.05) is 24.6 Å². The van der Waals surface area contributed by atoms with Crippen LogP contribution in [0.2, 0.25) is 0 Å². The summed E-state index contributed by atoms with van der Waals surface area (Å²) >= 11 is 0. The van der Waals surface area contributed by atoms with Gasteiger partial charge in [-0.15, -0.1) is 0 Å². The van der Waals surface area contributed by atoms with Crippen molar-refractivity contribution in [1.82, 2.24) is 4.90 Å². The minimum atomic E-state index is -0.326. The number of piperidine rings is 1. The van der Waals surface area contributed by atoms with E-state index in [4.69, 9.17) is 4.74 Å². The molecule has 5 rings (SSSR count). The van der Waals surface area contributed by atoms with Crippen molar-refractivity contribution >= 4 is 0 Å². The molecule has 3 aromatic rings. The third-order valence-electron chi connectivity index (χ3n) is 7.49. The quantitative estimate of drug-likeness (QED) is 0.442. The summed E-state index contributed by atoms with van der Waals surface area (Å²) in [5.74, 6) is 0.818. The first-order chi connectivity index (χ1) is 17.0. The lowest BCUT2D eigenvalue weighted by Gasteiger charge is -2.27. The van der Waals surface area contributed by atoms with Crippen LogP contribution in [0.3, 0.4) is 0 Å². The normalized spacial score (nSPS) is 18.3. The molecule has 1 aliphatic heterocycles. The van der Waals surface area contributed by atoms with Crippen LogP contribution in [0.15, 0.2) is 54.6 Å². The highest BCUT2D eigenvalue weighted by atomic mass is 19.1. The molecule has 0 radical (unpaired) electrons. The largest absolute Gasteiger partial charge is 0.508 e. The molecular formula is C30H34FNO3. The van der Waals surface area contributed by atoms with Gasteiger partial charge in [0.2, 0.25) is 0 Å². The molecule has 1 unspecified atom stereocenters. The second kappa shape index (κ2) is 10.7. The van der Waals surface area contributed by atoms with Crippen molar-refractivity contribution in [3.63, 3.8) is 0 Å². The number of fused-ring (bicyclic) bond motifs is 1. The maximum absolute atomic E-state index is 14.8. The van der Waals surface area contributed by atoms with Crippen LogP contribution in [0, 0.1) is 5.82 Å². The number of phenols is 2. The zero-order chi connectivity index (χ0) is 24.2. The van der Waals surface area contributed by atoms with Crippen LogP contribution in [-0.4, -0.2) is 41.4 Å². The van der Waals surface area contributed by atoms with Crippen molar-refractivity contribution in [3.05, 3.63) is 88.2 Å². The van der Waals surface area contributed by atoms with E-state index < -0.39 is 0 Å². The number of benzene rings is 3. The summed E-state index contributed by atoms with van der Waals surface area (Å²) in [6.07, 6.45) is 7.07. The fourth-order valence-electron chi connectivity index (χ4n) is 5.59. The molecule has 2 aliphatic rings. The van der Waals surface area contributed by atoms with E-state index in [1.54, 1.807) is 24.3 Å². The summed E-state index contributed by atoms with van der Waals surface area (Å²) in [4.78, 5) is 2.38. The van der Waals surface area contributed by atoms with E-state index in [-0.39, 0.29) is 17.5 Å². The Balaban J connectivity index is 1.27. The van der Waals surface area contributed by atoms with Crippen LogP contribution in [-0.2, 0) is 19.3 Å². The molecule has 184 valence electrons. The summed E-state index contributed by atoms with van der Waals surface area (Å²) in [7, 11) is 0. The smallest absolute Gasteiger partial charge is 0.165 e. The lowest BCUT2D eigenvalue weighted by molar-refractivity contribution is 0.180. The van der Waals surface area contributed by atoms with Gasteiger partial charge in [0.25, 0.3) is 0 Å². The molecule has 0 spiro atoms. The van der Waals surface area contributed by atoms with Crippen molar-refractivity contribution in [3.8, 4) is 17.2 Å². The fraction of sp³-hybridized carbons (Fsp3) is 0.400. The van der Waals surface area contributed by atoms with Crippen molar-refractivity contribution < 1.29 is 19.3 Å². The van der Waals surface area contributed by atoms with Gasteiger partial charge >= 0.3 is 0 Å². The molecule has 0 amide bonds. The highest BCUT2D eigenvalue weighted by molar-refractivity contribution is 5.44. The number of likely N-dealkylation sites (tertiary alicyclic amines) is 1. The second-order valence-electron chi connectivity index (χ2n) is 9.97. The molecule has 3 aromatic carbocycles. The van der Waals surface area contributed by atoms with Crippen LogP contribution in [0.1, 0.15) is 59.4 Å². The summed E-state index contributed by atoms with van der Waals surface area (Å²) in [6, 6.07) is 16.4. The lowest BCUT2D eigenvalue weighted by Crippen LogP contribution is -2.33. The summed E-state index contributed by atoms with van der Waals surface area (Å²) in [6.45, 7) is 3.55. The van der Waals surface area contributed by atoms with E-state index in [0.717, 1.165) is 55.6 Å². The monoisotopic (exact) mass is 475 g/mol. The molecule has 0 saturated carbocycles. The Morgan fingerprint density at radius 2 is 1.69 bits per heavy atom. The Labute approximate surface area is 207 Å². The van der Waals surface area contributed by atoms with Gasteiger partial charge in [0.1, 0.15) is 18.1 Å². The molecule has 4 nitrogen and oxygen atoms in total. The van der Waals surface area contributed by atoms with Gasteiger partial charge in [0.05, 0.1) is 0 Å². The highest BCUT2D eigenvalue weighted by Crippen LogP contribution is 2.37. The van der Waals surface area contributed by atoms with Crippen molar-refractivity contribution in [2.45, 2.75) is 50.9 Å². The molecule has 1 aliphatic carbocycles. The number of nitrogens with zero attached hydrogens (tertiary/aromatic N) is 1. The zero-order valence-corrected chi connectivity index (χ0v) is 20.2. The van der Waals surface area contributed by atoms with E-state index in [9.17, 15) is 14.6 Å². The number of rotatable bonds is 7. The van der Waals surface area contributed by atoms with Crippen molar-refractivity contribution in [2.24, 2.45) is 0 Å². The number of aryl methyl sites for hydroxylation is 1. The van der Waals surface area contributed by atoms with Gasteiger partial charge in [-0.2, -0.15) is 0 Å². The first-order valence-corrected chi connectivity index (χ1v) is 12.8. The molecule has 1 fully saturated rings. The summed E-state index contributed by atoms with van der Waals surface area (Å²) in [5, 5.41) is 20.0. The van der Waals surface area contributed by atoms with Gasteiger partial charge < -0.3 is 14.9 Å². The number of aromatic hydroxyl groups is 2. The third-order valence-corrected chi connectivity index (χ3v) is 7.49. The van der Waals surface area contributed by atoms with Crippen molar-refractivity contribution in [1.29, 1.82) is 0 Å². The molecule has 0 aromatic heterocycles. The van der Waals surface area contributed by atoms with E-state index >= 15 is 0 Å². The van der Waals surface area contributed by atoms with Gasteiger partial charge in [-0.25, -0.2) is 4.39 Å². The fourth-order valence-corrected chi connectivity index (χ4v) is 5.59. The lowest BCUT2D eigenvalue weighted by atomic mass is 9.78. The Bertz CT molecular complexity index is 1170. The van der Waals surface area contributed by atoms with Gasteiger partial charge in [-0.3, -0.25) is 4.90 Å². The van der Waals surface area contributed by atoms with Crippen LogP contribution in [0.4, 0.5) is 4.39 Å². The number of hydrogen-bond acceptors (Lipinski definition) is 4. The van der Waals surface area contributed by atoms with Crippen molar-refractivity contribution in [2.75, 3.05) is 26.2 Å². The molecule has 1 atom stereocenters. The van der Waals surface area contributed by atoms with Crippen LogP contribution < -0.4 is 4.74 Å². The third kappa shape index (κ3) is 5.79. The van der Waals surface area contributed by atoms with Crippen LogP contribution in [0.25, 0.3) is 0 Å². The van der Waals surface area contributed by atoms with Crippen LogP contribution in [0.5, 0.6) is 17.2 Å². The minimum Gasteiger partial charge on any atom is -0.508 e. The first-order valence-electron chi connectivity index (χ1n) is 12.8. The number of ether oxygens (including phenoxy) is 1. The van der Waals surface area contributed by atoms with Gasteiger partial charge in [-0.05, 0) is 122 Å². The predicted octanol–water partition coefficient (Wildman–Crippen LogP) is 5.96. The summed E-state index contributed by atoms with van der Waals surface area (Å²) < 4.78 is 20.6. The van der Waals surface area contributed by atoms with E-state index in [1.165, 1.54) is 30.4 Å². The molecule has 1 heterocycles. The molecule has 0 bridgehead atoms. The highest BCUT2D eigenvalue weighted by Gasteiger charge is 2.23. The van der Waals surface area contributed by atoms with Gasteiger partial charge in [0, 0.05) is 6.54 Å².